The quantitative estimate of drug-likeness (QED) is 0.777. The molecule has 2 aliphatic heterocycles. The van der Waals surface area contributed by atoms with Crippen LogP contribution in [0.5, 0.6) is 0 Å². The van der Waals surface area contributed by atoms with Gasteiger partial charge in [-0.1, -0.05) is 36.4 Å². The Morgan fingerprint density at radius 2 is 1.63 bits per heavy atom. The molecule has 2 aromatic rings. The van der Waals surface area contributed by atoms with Gasteiger partial charge in [0.2, 0.25) is 5.91 Å². The lowest BCUT2D eigenvalue weighted by molar-refractivity contribution is -0.132. The first-order valence-electron chi connectivity index (χ1n) is 8.92. The zero-order valence-corrected chi connectivity index (χ0v) is 15.1. The number of rotatable bonds is 4. The van der Waals surface area contributed by atoms with Gasteiger partial charge in [0.25, 0.3) is 11.8 Å². The number of carbonyl (C=O) groups is 3. The maximum atomic E-state index is 12.6. The number of carbonyl (C=O) groups excluding carboxylic acids is 3. The van der Waals surface area contributed by atoms with E-state index in [-0.39, 0.29) is 18.6 Å². The van der Waals surface area contributed by atoms with Gasteiger partial charge in [-0.05, 0) is 23.3 Å². The van der Waals surface area contributed by atoms with Crippen molar-refractivity contribution in [3.05, 3.63) is 70.8 Å². The summed E-state index contributed by atoms with van der Waals surface area (Å²) in [4.78, 5) is 39.9. The van der Waals surface area contributed by atoms with Gasteiger partial charge < -0.3 is 9.64 Å². The molecule has 0 fully saturated rings. The summed E-state index contributed by atoms with van der Waals surface area (Å²) < 4.78 is 5.85. The van der Waals surface area contributed by atoms with Crippen LogP contribution < -0.4 is 0 Å². The van der Waals surface area contributed by atoms with Gasteiger partial charge in [0.15, 0.2) is 0 Å². The van der Waals surface area contributed by atoms with Crippen LogP contribution in [0.2, 0.25) is 0 Å². The second-order valence-electron chi connectivity index (χ2n) is 6.92. The van der Waals surface area contributed by atoms with Crippen LogP contribution in [0.25, 0.3) is 0 Å². The van der Waals surface area contributed by atoms with Crippen molar-refractivity contribution in [1.82, 2.24) is 9.80 Å². The van der Waals surface area contributed by atoms with Crippen LogP contribution in [0.4, 0.5) is 0 Å². The van der Waals surface area contributed by atoms with E-state index < -0.39 is 11.8 Å². The molecular weight excluding hydrogens is 344 g/mol. The predicted molar refractivity (Wildman–Crippen MR) is 98.2 cm³/mol. The van der Waals surface area contributed by atoms with Gasteiger partial charge in [-0.15, -0.1) is 0 Å². The van der Waals surface area contributed by atoms with E-state index in [1.54, 1.807) is 31.3 Å². The van der Waals surface area contributed by atoms with Crippen LogP contribution >= 0.6 is 0 Å². The molecular formula is C21H20N2O4. The molecule has 2 heterocycles. The lowest BCUT2D eigenvalue weighted by Gasteiger charge is -2.29. The molecule has 1 unspecified atom stereocenters. The van der Waals surface area contributed by atoms with Crippen LogP contribution in [0.3, 0.4) is 0 Å². The zero-order chi connectivity index (χ0) is 19.0. The summed E-state index contributed by atoms with van der Waals surface area (Å²) in [6.07, 6.45) is 0.636. The van der Waals surface area contributed by atoms with Crippen molar-refractivity contribution in [3.63, 3.8) is 0 Å². The molecule has 4 rings (SSSR count). The maximum Gasteiger partial charge on any atom is 0.262 e. The van der Waals surface area contributed by atoms with Crippen LogP contribution in [0.1, 0.15) is 31.8 Å². The third kappa shape index (κ3) is 3.24. The SMILES string of the molecule is CN(CC1Cc2ccccc2CO1)C(=O)CN1C(=O)c2ccccc2C1=O. The standard InChI is InChI=1S/C21H20N2O4/c1-22(11-16-10-14-6-2-3-7-15(14)13-27-16)19(24)12-23-20(25)17-8-4-5-9-18(17)21(23)26/h2-9,16H,10-13H2,1H3. The van der Waals surface area contributed by atoms with E-state index in [2.05, 4.69) is 6.07 Å². The molecule has 2 aromatic carbocycles. The van der Waals surface area contributed by atoms with Crippen molar-refractivity contribution in [1.29, 1.82) is 0 Å². The fraction of sp³-hybridized carbons (Fsp3) is 0.286. The van der Waals surface area contributed by atoms with Gasteiger partial charge in [-0.2, -0.15) is 0 Å². The molecule has 3 amide bonds. The number of benzene rings is 2. The normalized spacial score (nSPS) is 18.3. The Morgan fingerprint density at radius 1 is 1.04 bits per heavy atom. The largest absolute Gasteiger partial charge is 0.371 e. The minimum atomic E-state index is -0.416. The van der Waals surface area contributed by atoms with Crippen molar-refractivity contribution in [2.24, 2.45) is 0 Å². The van der Waals surface area contributed by atoms with Crippen molar-refractivity contribution < 1.29 is 19.1 Å². The van der Waals surface area contributed by atoms with Crippen molar-refractivity contribution in [3.8, 4) is 0 Å². The Labute approximate surface area is 157 Å². The smallest absolute Gasteiger partial charge is 0.262 e. The Hall–Kier alpha value is -2.99. The number of fused-ring (bicyclic) bond motifs is 2. The molecule has 0 spiro atoms. The van der Waals surface area contributed by atoms with Crippen molar-refractivity contribution >= 4 is 17.7 Å². The van der Waals surface area contributed by atoms with Crippen molar-refractivity contribution in [2.45, 2.75) is 19.1 Å². The molecule has 0 aromatic heterocycles. The Bertz CT molecular complexity index is 889. The first kappa shape index (κ1) is 17.4. The third-order valence-electron chi connectivity index (χ3n) is 5.12. The summed E-state index contributed by atoms with van der Waals surface area (Å²) in [7, 11) is 1.67. The van der Waals surface area contributed by atoms with Gasteiger partial charge >= 0.3 is 0 Å². The van der Waals surface area contributed by atoms with Gasteiger partial charge in [0, 0.05) is 20.0 Å². The fourth-order valence-corrected chi connectivity index (χ4v) is 3.57. The Morgan fingerprint density at radius 3 is 2.30 bits per heavy atom. The number of likely N-dealkylation sites (N-methyl/N-ethyl adjacent to an activating group) is 1. The van der Waals surface area contributed by atoms with E-state index >= 15 is 0 Å². The average molecular weight is 364 g/mol. The lowest BCUT2D eigenvalue weighted by Crippen LogP contribution is -2.44. The molecule has 27 heavy (non-hydrogen) atoms. The predicted octanol–water partition coefficient (Wildman–Crippen LogP) is 1.88. The second kappa shape index (κ2) is 6.96. The number of nitrogens with zero attached hydrogens (tertiary/aromatic N) is 2. The van der Waals surface area contributed by atoms with E-state index in [1.807, 2.05) is 18.2 Å². The molecule has 2 aliphatic rings. The number of hydrogen-bond acceptors (Lipinski definition) is 4. The molecule has 0 bridgehead atoms. The third-order valence-corrected chi connectivity index (χ3v) is 5.12. The van der Waals surface area contributed by atoms with E-state index in [0.29, 0.717) is 24.3 Å². The van der Waals surface area contributed by atoms with Crippen molar-refractivity contribution in [2.75, 3.05) is 20.1 Å². The zero-order valence-electron chi connectivity index (χ0n) is 15.1. The van der Waals surface area contributed by atoms with E-state index in [1.165, 1.54) is 16.0 Å². The molecule has 1 atom stereocenters. The van der Waals surface area contributed by atoms with E-state index in [9.17, 15) is 14.4 Å². The van der Waals surface area contributed by atoms with Gasteiger partial charge in [-0.3, -0.25) is 19.3 Å². The monoisotopic (exact) mass is 364 g/mol. The van der Waals surface area contributed by atoms with Crippen LogP contribution in [-0.2, 0) is 22.6 Å². The molecule has 0 radical (unpaired) electrons. The summed E-state index contributed by atoms with van der Waals surface area (Å²) in [5, 5.41) is 0. The summed E-state index contributed by atoms with van der Waals surface area (Å²) in [5.74, 6) is -1.12. The summed E-state index contributed by atoms with van der Waals surface area (Å²) >= 11 is 0. The molecule has 0 N–H and O–H groups in total. The van der Waals surface area contributed by atoms with E-state index in [4.69, 9.17) is 4.74 Å². The summed E-state index contributed by atoms with van der Waals surface area (Å²) in [5.41, 5.74) is 3.11. The molecule has 0 saturated heterocycles. The molecule has 0 aliphatic carbocycles. The molecule has 6 nitrogen and oxygen atoms in total. The summed E-state index contributed by atoms with van der Waals surface area (Å²) in [6, 6.07) is 14.7. The number of amides is 3. The Kier molecular flexibility index (Phi) is 4.49. The summed E-state index contributed by atoms with van der Waals surface area (Å²) in [6.45, 7) is 0.684. The number of imide groups is 1. The van der Waals surface area contributed by atoms with Crippen LogP contribution in [0.15, 0.2) is 48.5 Å². The van der Waals surface area contributed by atoms with Crippen LogP contribution in [0, 0.1) is 0 Å². The minimum absolute atomic E-state index is 0.101. The topological polar surface area (TPSA) is 66.9 Å². The number of ether oxygens (including phenoxy) is 1. The highest BCUT2D eigenvalue weighted by atomic mass is 16.5. The Balaban J connectivity index is 1.38. The van der Waals surface area contributed by atoms with Gasteiger partial charge in [0.05, 0.1) is 23.8 Å². The maximum absolute atomic E-state index is 12.6. The van der Waals surface area contributed by atoms with E-state index in [0.717, 1.165) is 11.3 Å². The highest BCUT2D eigenvalue weighted by Crippen LogP contribution is 2.23. The molecule has 6 heteroatoms. The van der Waals surface area contributed by atoms with Gasteiger partial charge in [-0.25, -0.2) is 0 Å². The molecule has 138 valence electrons. The first-order valence-corrected chi connectivity index (χ1v) is 8.92. The highest BCUT2D eigenvalue weighted by molar-refractivity contribution is 6.22. The fourth-order valence-electron chi connectivity index (χ4n) is 3.57. The van der Waals surface area contributed by atoms with Gasteiger partial charge in [0.1, 0.15) is 6.54 Å². The number of hydrogen-bond donors (Lipinski definition) is 0. The van der Waals surface area contributed by atoms with Crippen LogP contribution in [-0.4, -0.2) is 53.8 Å². The second-order valence-corrected chi connectivity index (χ2v) is 6.92. The lowest BCUT2D eigenvalue weighted by atomic mass is 9.99. The molecule has 0 saturated carbocycles. The average Bonchev–Trinajstić information content (AvgIpc) is 2.93. The highest BCUT2D eigenvalue weighted by Gasteiger charge is 2.37. The first-order chi connectivity index (χ1) is 13.0. The minimum Gasteiger partial charge on any atom is -0.371 e.